The Morgan fingerprint density at radius 1 is 1.29 bits per heavy atom. The number of imidazole rings is 1. The number of likely N-dealkylation sites (tertiary alicyclic amines) is 1. The molecule has 2 heterocycles. The third-order valence-electron chi connectivity index (χ3n) is 4.29. The number of piperidine rings is 1. The van der Waals surface area contributed by atoms with E-state index in [-0.39, 0.29) is 5.91 Å². The van der Waals surface area contributed by atoms with Crippen molar-refractivity contribution in [2.24, 2.45) is 7.05 Å². The lowest BCUT2D eigenvalue weighted by atomic mass is 10.0. The molecule has 0 atom stereocenters. The number of likely N-dealkylation sites (N-methyl/N-ethyl adjacent to an activating group) is 2. The molecule has 21 heavy (non-hydrogen) atoms. The molecule has 1 amide bonds. The normalized spacial score (nSPS) is 17.0. The molecule has 0 aromatic carbocycles. The number of aromatic nitrogens is 2. The third-order valence-corrected chi connectivity index (χ3v) is 4.29. The molecule has 0 saturated carbocycles. The highest BCUT2D eigenvalue weighted by Crippen LogP contribution is 2.17. The molecule has 1 aromatic rings. The smallest absolute Gasteiger partial charge is 0.289 e. The molecule has 118 valence electrons. The molecular formula is C15H27N5O. The van der Waals surface area contributed by atoms with Gasteiger partial charge < -0.3 is 19.3 Å². The minimum absolute atomic E-state index is 0.0527. The largest absolute Gasteiger partial charge is 0.336 e. The summed E-state index contributed by atoms with van der Waals surface area (Å²) in [6.45, 7) is 3.79. The standard InChI is InChI=1S/C15H27N5O/c1-17(2)11-12-18(3)13-5-8-20(9-6-13)15(21)14-16-7-10-19(14)4/h7,10,13H,5-6,8-9,11-12H2,1-4H3. The predicted molar refractivity (Wildman–Crippen MR) is 83.3 cm³/mol. The Morgan fingerprint density at radius 3 is 2.48 bits per heavy atom. The van der Waals surface area contributed by atoms with Crippen LogP contribution in [0, 0.1) is 0 Å². The van der Waals surface area contributed by atoms with Crippen molar-refractivity contribution in [2.75, 3.05) is 47.3 Å². The van der Waals surface area contributed by atoms with Crippen LogP contribution in [0.25, 0.3) is 0 Å². The highest BCUT2D eigenvalue weighted by Gasteiger charge is 2.27. The average Bonchev–Trinajstić information content (AvgIpc) is 2.90. The van der Waals surface area contributed by atoms with Crippen molar-refractivity contribution in [1.82, 2.24) is 24.3 Å². The van der Waals surface area contributed by atoms with Gasteiger partial charge in [-0.1, -0.05) is 0 Å². The molecule has 1 saturated heterocycles. The summed E-state index contributed by atoms with van der Waals surface area (Å²) < 4.78 is 1.79. The van der Waals surface area contributed by atoms with Crippen LogP contribution in [-0.4, -0.2) is 83.5 Å². The zero-order valence-electron chi connectivity index (χ0n) is 13.6. The Labute approximate surface area is 127 Å². The molecule has 0 bridgehead atoms. The van der Waals surface area contributed by atoms with Crippen LogP contribution < -0.4 is 0 Å². The van der Waals surface area contributed by atoms with Crippen LogP contribution in [0.5, 0.6) is 0 Å². The molecule has 0 aliphatic carbocycles. The van der Waals surface area contributed by atoms with Crippen molar-refractivity contribution in [1.29, 1.82) is 0 Å². The summed E-state index contributed by atoms with van der Waals surface area (Å²) in [4.78, 5) is 23.1. The quantitative estimate of drug-likeness (QED) is 0.794. The van der Waals surface area contributed by atoms with E-state index in [0.717, 1.165) is 39.0 Å². The minimum Gasteiger partial charge on any atom is -0.336 e. The van der Waals surface area contributed by atoms with E-state index in [2.05, 4.69) is 35.9 Å². The van der Waals surface area contributed by atoms with E-state index in [4.69, 9.17) is 0 Å². The third kappa shape index (κ3) is 4.04. The van der Waals surface area contributed by atoms with Gasteiger partial charge in [0, 0.05) is 51.7 Å². The summed E-state index contributed by atoms with van der Waals surface area (Å²) in [6.07, 6.45) is 5.57. The van der Waals surface area contributed by atoms with Crippen LogP contribution in [0.4, 0.5) is 0 Å². The molecule has 1 aromatic heterocycles. The van der Waals surface area contributed by atoms with Crippen molar-refractivity contribution in [3.05, 3.63) is 18.2 Å². The molecule has 2 rings (SSSR count). The molecule has 0 N–H and O–H groups in total. The summed E-state index contributed by atoms with van der Waals surface area (Å²) in [5, 5.41) is 0. The van der Waals surface area contributed by atoms with Crippen LogP contribution in [0.2, 0.25) is 0 Å². The topological polar surface area (TPSA) is 44.6 Å². The predicted octanol–water partition coefficient (Wildman–Crippen LogP) is 0.518. The van der Waals surface area contributed by atoms with Gasteiger partial charge in [-0.3, -0.25) is 4.79 Å². The second kappa shape index (κ2) is 7.04. The molecule has 1 aliphatic heterocycles. The maximum absolute atomic E-state index is 12.4. The Balaban J connectivity index is 1.83. The van der Waals surface area contributed by atoms with Gasteiger partial charge in [0.1, 0.15) is 0 Å². The molecule has 1 aliphatic rings. The van der Waals surface area contributed by atoms with Gasteiger partial charge in [0.05, 0.1) is 0 Å². The van der Waals surface area contributed by atoms with Gasteiger partial charge in [-0.15, -0.1) is 0 Å². The van der Waals surface area contributed by atoms with Crippen molar-refractivity contribution >= 4 is 5.91 Å². The van der Waals surface area contributed by atoms with Gasteiger partial charge >= 0.3 is 0 Å². The Kier molecular flexibility index (Phi) is 5.36. The van der Waals surface area contributed by atoms with Gasteiger partial charge in [0.25, 0.3) is 5.91 Å². The summed E-state index contributed by atoms with van der Waals surface area (Å²) in [6, 6.07) is 0.579. The number of nitrogens with zero attached hydrogens (tertiary/aromatic N) is 5. The number of hydrogen-bond donors (Lipinski definition) is 0. The van der Waals surface area contributed by atoms with Gasteiger partial charge in [0.2, 0.25) is 0 Å². The van der Waals surface area contributed by atoms with E-state index in [0.29, 0.717) is 11.9 Å². The monoisotopic (exact) mass is 293 g/mol. The molecule has 0 spiro atoms. The fourth-order valence-corrected chi connectivity index (χ4v) is 2.76. The fourth-order valence-electron chi connectivity index (χ4n) is 2.76. The van der Waals surface area contributed by atoms with Crippen LogP contribution >= 0.6 is 0 Å². The Hall–Kier alpha value is -1.40. The SMILES string of the molecule is CN(C)CCN(C)C1CCN(C(=O)c2nccn2C)CC1. The lowest BCUT2D eigenvalue weighted by molar-refractivity contribution is 0.0626. The van der Waals surface area contributed by atoms with Crippen molar-refractivity contribution in [3.63, 3.8) is 0 Å². The second-order valence-corrected chi connectivity index (χ2v) is 6.17. The highest BCUT2D eigenvalue weighted by molar-refractivity contribution is 5.90. The lowest BCUT2D eigenvalue weighted by Gasteiger charge is -2.37. The summed E-state index contributed by atoms with van der Waals surface area (Å²) in [5.74, 6) is 0.589. The highest BCUT2D eigenvalue weighted by atomic mass is 16.2. The summed E-state index contributed by atoms with van der Waals surface area (Å²) >= 11 is 0. The van der Waals surface area contributed by atoms with Crippen LogP contribution in [0.15, 0.2) is 12.4 Å². The zero-order chi connectivity index (χ0) is 15.4. The molecule has 0 unspecified atom stereocenters. The molecular weight excluding hydrogens is 266 g/mol. The molecule has 6 nitrogen and oxygen atoms in total. The van der Waals surface area contributed by atoms with E-state index in [9.17, 15) is 4.79 Å². The van der Waals surface area contributed by atoms with E-state index in [1.807, 2.05) is 18.1 Å². The van der Waals surface area contributed by atoms with Crippen LogP contribution in [0.3, 0.4) is 0 Å². The number of carbonyl (C=O) groups is 1. The average molecular weight is 293 g/mol. The first-order valence-electron chi connectivity index (χ1n) is 7.60. The summed E-state index contributed by atoms with van der Waals surface area (Å²) in [5.41, 5.74) is 0. The van der Waals surface area contributed by atoms with Crippen LogP contribution in [0.1, 0.15) is 23.5 Å². The minimum atomic E-state index is 0.0527. The number of amides is 1. The van der Waals surface area contributed by atoms with E-state index in [1.165, 1.54) is 0 Å². The first-order chi connectivity index (χ1) is 9.99. The van der Waals surface area contributed by atoms with Crippen molar-refractivity contribution in [3.8, 4) is 0 Å². The molecule has 1 fully saturated rings. The van der Waals surface area contributed by atoms with Crippen molar-refractivity contribution < 1.29 is 4.79 Å². The van der Waals surface area contributed by atoms with Crippen molar-refractivity contribution in [2.45, 2.75) is 18.9 Å². The zero-order valence-corrected chi connectivity index (χ0v) is 13.6. The van der Waals surface area contributed by atoms with E-state index >= 15 is 0 Å². The number of carbonyl (C=O) groups excluding carboxylic acids is 1. The number of rotatable bonds is 5. The summed E-state index contributed by atoms with van der Waals surface area (Å²) in [7, 11) is 8.25. The van der Waals surface area contributed by atoms with Gasteiger partial charge in [0.15, 0.2) is 5.82 Å². The Morgan fingerprint density at radius 2 is 1.95 bits per heavy atom. The van der Waals surface area contributed by atoms with Gasteiger partial charge in [-0.2, -0.15) is 0 Å². The first kappa shape index (κ1) is 16.0. The molecule has 0 radical (unpaired) electrons. The maximum Gasteiger partial charge on any atom is 0.289 e. The van der Waals surface area contributed by atoms with E-state index < -0.39 is 0 Å². The fraction of sp³-hybridized carbons (Fsp3) is 0.733. The van der Waals surface area contributed by atoms with Gasteiger partial charge in [-0.05, 0) is 34.0 Å². The first-order valence-corrected chi connectivity index (χ1v) is 7.60. The molecule has 6 heteroatoms. The Bertz CT molecular complexity index is 462. The number of aryl methyl sites for hydroxylation is 1. The second-order valence-electron chi connectivity index (χ2n) is 6.17. The maximum atomic E-state index is 12.4. The van der Waals surface area contributed by atoms with Crippen LogP contribution in [-0.2, 0) is 7.05 Å². The van der Waals surface area contributed by atoms with Gasteiger partial charge in [-0.25, -0.2) is 4.98 Å². The van der Waals surface area contributed by atoms with E-state index in [1.54, 1.807) is 10.8 Å². The lowest BCUT2D eigenvalue weighted by Crippen LogP contribution is -2.47. The number of hydrogen-bond acceptors (Lipinski definition) is 4.